The van der Waals surface area contributed by atoms with Gasteiger partial charge in [0.15, 0.2) is 0 Å². The predicted octanol–water partition coefficient (Wildman–Crippen LogP) is 4.52. The maximum Gasteiger partial charge on any atom is 0.137 e. The summed E-state index contributed by atoms with van der Waals surface area (Å²) in [6.07, 6.45) is 4.64. The molecule has 6 heteroatoms. The van der Waals surface area contributed by atoms with Gasteiger partial charge in [0.1, 0.15) is 17.5 Å². The van der Waals surface area contributed by atoms with Crippen LogP contribution in [0.4, 0.5) is 0 Å². The first-order valence-corrected chi connectivity index (χ1v) is 10.6. The lowest BCUT2D eigenvalue weighted by atomic mass is 9.95. The minimum atomic E-state index is -0.138. The molecule has 1 aliphatic rings. The molecule has 1 saturated heterocycles. The number of aromatic nitrogens is 3. The molecule has 3 heterocycles. The van der Waals surface area contributed by atoms with Crippen molar-refractivity contribution in [1.82, 2.24) is 14.6 Å². The van der Waals surface area contributed by atoms with Crippen LogP contribution in [-0.2, 0) is 16.1 Å². The van der Waals surface area contributed by atoms with E-state index in [-0.39, 0.29) is 18.3 Å². The molecule has 5 nitrogen and oxygen atoms in total. The fourth-order valence-corrected chi connectivity index (χ4v) is 4.41. The number of ether oxygens (including phenoxy) is 2. The first kappa shape index (κ1) is 18.5. The van der Waals surface area contributed by atoms with Crippen molar-refractivity contribution in [3.05, 3.63) is 60.0 Å². The van der Waals surface area contributed by atoms with E-state index < -0.39 is 0 Å². The van der Waals surface area contributed by atoms with E-state index in [1.807, 2.05) is 29.0 Å². The van der Waals surface area contributed by atoms with Gasteiger partial charge in [-0.15, -0.1) is 11.8 Å². The monoisotopic (exact) mass is 383 g/mol. The lowest BCUT2D eigenvalue weighted by Gasteiger charge is -2.22. The molecule has 27 heavy (non-hydrogen) atoms. The van der Waals surface area contributed by atoms with E-state index in [9.17, 15) is 0 Å². The van der Waals surface area contributed by atoms with Crippen LogP contribution in [0.5, 0.6) is 0 Å². The standard InChI is InChI=1S/C21H25N3O2S/c1-4-18-14(2)19(25-12-15-8-6-5-7-9-15)20(26-18)16-10-11-17-21(27-3)22-13-23-24(16)17/h5-11,13-14,18-20H,4,12H2,1-3H3/t14-,18-,19-,20+/m1/s1. The second kappa shape index (κ2) is 8.00. The molecule has 2 aromatic heterocycles. The molecule has 3 aromatic rings. The van der Waals surface area contributed by atoms with Crippen LogP contribution in [0, 0.1) is 5.92 Å². The van der Waals surface area contributed by atoms with Crippen LogP contribution in [0.25, 0.3) is 5.52 Å². The Morgan fingerprint density at radius 2 is 2.00 bits per heavy atom. The van der Waals surface area contributed by atoms with Gasteiger partial charge < -0.3 is 9.47 Å². The number of hydrogen-bond acceptors (Lipinski definition) is 5. The zero-order valence-corrected chi connectivity index (χ0v) is 16.7. The lowest BCUT2D eigenvalue weighted by Crippen LogP contribution is -2.26. The van der Waals surface area contributed by atoms with Crippen molar-refractivity contribution in [1.29, 1.82) is 0 Å². The van der Waals surface area contributed by atoms with Crippen molar-refractivity contribution in [3.8, 4) is 0 Å². The summed E-state index contributed by atoms with van der Waals surface area (Å²) in [4.78, 5) is 4.37. The molecule has 0 radical (unpaired) electrons. The second-order valence-electron chi connectivity index (χ2n) is 6.95. The SMILES string of the molecule is CC[C@H]1O[C@@H](c2ccc3c(SC)ncnn23)[C@H](OCc2ccccc2)[C@@H]1C. The molecule has 0 amide bonds. The van der Waals surface area contributed by atoms with Gasteiger partial charge >= 0.3 is 0 Å². The molecule has 1 fully saturated rings. The average molecular weight is 384 g/mol. The Balaban J connectivity index is 1.65. The van der Waals surface area contributed by atoms with E-state index in [1.165, 1.54) is 5.56 Å². The highest BCUT2D eigenvalue weighted by Gasteiger charge is 2.43. The molecular weight excluding hydrogens is 358 g/mol. The zero-order valence-electron chi connectivity index (χ0n) is 15.9. The molecular formula is C21H25N3O2S. The highest BCUT2D eigenvalue weighted by Crippen LogP contribution is 2.41. The summed E-state index contributed by atoms with van der Waals surface area (Å²) in [5.41, 5.74) is 3.22. The van der Waals surface area contributed by atoms with Gasteiger partial charge in [-0.05, 0) is 30.4 Å². The quantitative estimate of drug-likeness (QED) is 0.586. The number of benzene rings is 1. The van der Waals surface area contributed by atoms with Crippen LogP contribution >= 0.6 is 11.8 Å². The number of rotatable bonds is 6. The van der Waals surface area contributed by atoms with Gasteiger partial charge in [-0.2, -0.15) is 5.10 Å². The Morgan fingerprint density at radius 1 is 1.19 bits per heavy atom. The molecule has 0 bridgehead atoms. The van der Waals surface area contributed by atoms with Gasteiger partial charge in [0.2, 0.25) is 0 Å². The third-order valence-electron chi connectivity index (χ3n) is 5.34. The fourth-order valence-electron chi connectivity index (χ4n) is 3.89. The molecule has 4 atom stereocenters. The molecule has 0 unspecified atom stereocenters. The fraction of sp³-hybridized carbons (Fsp3) is 0.429. The first-order chi connectivity index (χ1) is 13.2. The van der Waals surface area contributed by atoms with Gasteiger partial charge in [0, 0.05) is 5.92 Å². The normalized spacial score (nSPS) is 25.3. The van der Waals surface area contributed by atoms with Crippen LogP contribution in [0.3, 0.4) is 0 Å². The molecule has 1 aromatic carbocycles. The van der Waals surface area contributed by atoms with Crippen molar-refractivity contribution in [2.24, 2.45) is 5.92 Å². The molecule has 0 saturated carbocycles. The van der Waals surface area contributed by atoms with Crippen LogP contribution in [0.1, 0.15) is 37.6 Å². The Labute approximate surface area is 164 Å². The molecule has 1 aliphatic heterocycles. The topological polar surface area (TPSA) is 48.7 Å². The molecule has 0 aliphatic carbocycles. The van der Waals surface area contributed by atoms with Crippen molar-refractivity contribution >= 4 is 17.3 Å². The van der Waals surface area contributed by atoms with Crippen LogP contribution in [0.15, 0.2) is 53.8 Å². The Hall–Kier alpha value is -1.89. The number of hydrogen-bond donors (Lipinski definition) is 0. The summed E-state index contributed by atoms with van der Waals surface area (Å²) < 4.78 is 14.8. The predicted molar refractivity (Wildman–Crippen MR) is 107 cm³/mol. The molecule has 4 rings (SSSR count). The van der Waals surface area contributed by atoms with E-state index in [2.05, 4.69) is 48.2 Å². The minimum absolute atomic E-state index is 0.0130. The molecule has 0 spiro atoms. The highest BCUT2D eigenvalue weighted by molar-refractivity contribution is 7.98. The van der Waals surface area contributed by atoms with Crippen LogP contribution < -0.4 is 0 Å². The van der Waals surface area contributed by atoms with E-state index in [0.717, 1.165) is 22.7 Å². The highest BCUT2D eigenvalue weighted by atomic mass is 32.2. The average Bonchev–Trinajstić information content (AvgIpc) is 3.27. The maximum absolute atomic E-state index is 6.44. The number of fused-ring (bicyclic) bond motifs is 1. The van der Waals surface area contributed by atoms with Gasteiger partial charge in [-0.3, -0.25) is 0 Å². The van der Waals surface area contributed by atoms with Gasteiger partial charge in [-0.25, -0.2) is 9.50 Å². The molecule has 142 valence electrons. The third-order valence-corrected chi connectivity index (χ3v) is 6.04. The third kappa shape index (κ3) is 3.49. The summed E-state index contributed by atoms with van der Waals surface area (Å²) in [6.45, 7) is 4.98. The summed E-state index contributed by atoms with van der Waals surface area (Å²) in [7, 11) is 0. The lowest BCUT2D eigenvalue weighted by molar-refractivity contribution is -0.0362. The molecule has 0 N–H and O–H groups in total. The maximum atomic E-state index is 6.44. The Bertz CT molecular complexity index is 899. The van der Waals surface area contributed by atoms with Crippen molar-refractivity contribution < 1.29 is 9.47 Å². The van der Waals surface area contributed by atoms with Crippen molar-refractivity contribution in [2.45, 2.75) is 50.2 Å². The number of nitrogens with zero attached hydrogens (tertiary/aromatic N) is 3. The second-order valence-corrected chi connectivity index (χ2v) is 7.74. The van der Waals surface area contributed by atoms with E-state index >= 15 is 0 Å². The Kier molecular flexibility index (Phi) is 5.48. The number of thioether (sulfide) groups is 1. The zero-order chi connectivity index (χ0) is 18.8. The van der Waals surface area contributed by atoms with Crippen LogP contribution in [-0.4, -0.2) is 33.1 Å². The van der Waals surface area contributed by atoms with Crippen molar-refractivity contribution in [2.75, 3.05) is 6.26 Å². The first-order valence-electron chi connectivity index (χ1n) is 9.40. The van der Waals surface area contributed by atoms with Gasteiger partial charge in [0.05, 0.1) is 30.0 Å². The van der Waals surface area contributed by atoms with E-state index in [0.29, 0.717) is 12.5 Å². The van der Waals surface area contributed by atoms with Gasteiger partial charge in [-0.1, -0.05) is 44.2 Å². The Morgan fingerprint density at radius 3 is 2.74 bits per heavy atom. The van der Waals surface area contributed by atoms with E-state index in [4.69, 9.17) is 9.47 Å². The van der Waals surface area contributed by atoms with Gasteiger partial charge in [0.25, 0.3) is 0 Å². The largest absolute Gasteiger partial charge is 0.370 e. The summed E-state index contributed by atoms with van der Waals surface area (Å²) in [5.74, 6) is 0.316. The minimum Gasteiger partial charge on any atom is -0.370 e. The summed E-state index contributed by atoms with van der Waals surface area (Å²) >= 11 is 1.62. The van der Waals surface area contributed by atoms with Crippen LogP contribution in [0.2, 0.25) is 0 Å². The smallest absolute Gasteiger partial charge is 0.137 e. The summed E-state index contributed by atoms with van der Waals surface area (Å²) in [6, 6.07) is 14.5. The van der Waals surface area contributed by atoms with Crippen molar-refractivity contribution in [3.63, 3.8) is 0 Å². The van der Waals surface area contributed by atoms with E-state index in [1.54, 1.807) is 18.1 Å². The summed E-state index contributed by atoms with van der Waals surface area (Å²) in [5, 5.41) is 5.45.